The molecule has 0 unspecified atom stereocenters. The molecule has 0 atom stereocenters. The average Bonchev–Trinajstić information content (AvgIpc) is 2.42. The van der Waals surface area contributed by atoms with Crippen LogP contribution in [0.4, 0.5) is 11.4 Å². The number of benzene rings is 1. The van der Waals surface area contributed by atoms with Crippen LogP contribution in [0.1, 0.15) is 10.5 Å². The van der Waals surface area contributed by atoms with E-state index >= 15 is 0 Å². The van der Waals surface area contributed by atoms with Crippen molar-refractivity contribution in [2.45, 2.75) is 0 Å². The van der Waals surface area contributed by atoms with Gasteiger partial charge < -0.3 is 21.5 Å². The Morgan fingerprint density at radius 2 is 1.89 bits per heavy atom. The molecule has 6 nitrogen and oxygen atoms in total. The van der Waals surface area contributed by atoms with E-state index in [-0.39, 0.29) is 11.6 Å². The number of hydrogen-bond donors (Lipinski definition) is 3. The summed E-state index contributed by atoms with van der Waals surface area (Å²) >= 11 is 0. The predicted octanol–water partition coefficient (Wildman–Crippen LogP) is 1.40. The van der Waals surface area contributed by atoms with Crippen molar-refractivity contribution < 1.29 is 9.53 Å². The summed E-state index contributed by atoms with van der Waals surface area (Å²) in [7, 11) is 1.54. The van der Waals surface area contributed by atoms with Gasteiger partial charge in [-0.1, -0.05) is 0 Å². The molecule has 1 aromatic carbocycles. The van der Waals surface area contributed by atoms with Gasteiger partial charge in [-0.3, -0.25) is 9.78 Å². The molecule has 0 spiro atoms. The van der Waals surface area contributed by atoms with Crippen LogP contribution in [0.2, 0.25) is 0 Å². The van der Waals surface area contributed by atoms with Crippen molar-refractivity contribution in [2.75, 3.05) is 18.5 Å². The monoisotopic (exact) mass is 258 g/mol. The Bertz CT molecular complexity index is 613. The molecule has 0 saturated heterocycles. The first-order valence-corrected chi connectivity index (χ1v) is 5.61. The Kier molecular flexibility index (Phi) is 3.51. The van der Waals surface area contributed by atoms with Crippen molar-refractivity contribution in [3.8, 4) is 11.5 Å². The Hall–Kier alpha value is -2.76. The highest BCUT2D eigenvalue weighted by molar-refractivity contribution is 5.92. The lowest BCUT2D eigenvalue weighted by atomic mass is 10.2. The zero-order valence-corrected chi connectivity index (χ0v) is 10.4. The lowest BCUT2D eigenvalue weighted by molar-refractivity contribution is 0.0958. The zero-order valence-electron chi connectivity index (χ0n) is 10.4. The largest absolute Gasteiger partial charge is 0.457 e. The van der Waals surface area contributed by atoms with Crippen LogP contribution in [-0.2, 0) is 0 Å². The minimum atomic E-state index is -0.276. The summed E-state index contributed by atoms with van der Waals surface area (Å²) in [6.45, 7) is 0. The minimum absolute atomic E-state index is 0.276. The first-order valence-electron chi connectivity index (χ1n) is 5.61. The second kappa shape index (κ2) is 5.26. The first kappa shape index (κ1) is 12.7. The van der Waals surface area contributed by atoms with Crippen LogP contribution < -0.4 is 21.5 Å². The molecule has 0 radical (unpaired) electrons. The summed E-state index contributed by atoms with van der Waals surface area (Å²) in [5.74, 6) is 0.765. The molecule has 6 heteroatoms. The van der Waals surface area contributed by atoms with Crippen LogP contribution in [0.15, 0.2) is 36.5 Å². The normalized spacial score (nSPS) is 9.95. The highest BCUT2D eigenvalue weighted by atomic mass is 16.5. The molecule has 98 valence electrons. The fraction of sp³-hybridized carbons (Fsp3) is 0.0769. The van der Waals surface area contributed by atoms with Crippen molar-refractivity contribution in [2.24, 2.45) is 0 Å². The van der Waals surface area contributed by atoms with Gasteiger partial charge in [-0.05, 0) is 18.2 Å². The number of aromatic nitrogens is 1. The van der Waals surface area contributed by atoms with Crippen molar-refractivity contribution in [1.29, 1.82) is 0 Å². The highest BCUT2D eigenvalue weighted by Crippen LogP contribution is 2.26. The topological polar surface area (TPSA) is 103 Å². The van der Waals surface area contributed by atoms with Crippen LogP contribution >= 0.6 is 0 Å². The van der Waals surface area contributed by atoms with Gasteiger partial charge in [0.2, 0.25) is 0 Å². The third-order valence-corrected chi connectivity index (χ3v) is 2.49. The highest BCUT2D eigenvalue weighted by Gasteiger charge is 2.07. The molecule has 0 aliphatic heterocycles. The predicted molar refractivity (Wildman–Crippen MR) is 73.0 cm³/mol. The van der Waals surface area contributed by atoms with E-state index in [1.54, 1.807) is 30.3 Å². The molecule has 5 N–H and O–H groups in total. The summed E-state index contributed by atoms with van der Waals surface area (Å²) in [6, 6.07) is 8.18. The van der Waals surface area contributed by atoms with E-state index in [4.69, 9.17) is 16.2 Å². The minimum Gasteiger partial charge on any atom is -0.457 e. The number of anilines is 2. The number of nitrogen functional groups attached to an aromatic ring is 2. The Morgan fingerprint density at radius 3 is 2.58 bits per heavy atom. The summed E-state index contributed by atoms with van der Waals surface area (Å²) in [5.41, 5.74) is 12.5. The first-order chi connectivity index (χ1) is 9.10. The molecule has 2 rings (SSSR count). The van der Waals surface area contributed by atoms with Crippen molar-refractivity contribution >= 4 is 17.3 Å². The third kappa shape index (κ3) is 2.92. The summed E-state index contributed by atoms with van der Waals surface area (Å²) in [6.07, 6.45) is 1.50. The number of carbonyl (C=O) groups is 1. The van der Waals surface area contributed by atoms with Crippen LogP contribution in [-0.4, -0.2) is 17.9 Å². The third-order valence-electron chi connectivity index (χ3n) is 2.49. The van der Waals surface area contributed by atoms with E-state index < -0.39 is 0 Å². The van der Waals surface area contributed by atoms with Gasteiger partial charge in [-0.25, -0.2) is 0 Å². The van der Waals surface area contributed by atoms with Crippen molar-refractivity contribution in [3.05, 3.63) is 42.2 Å². The fourth-order valence-electron chi connectivity index (χ4n) is 1.48. The molecule has 1 aromatic heterocycles. The quantitative estimate of drug-likeness (QED) is 0.722. The molecule has 1 amide bonds. The number of nitrogens with one attached hydrogen (secondary N) is 1. The van der Waals surface area contributed by atoms with Crippen LogP contribution in [0.5, 0.6) is 11.5 Å². The number of carbonyl (C=O) groups excluding carboxylic acids is 1. The van der Waals surface area contributed by atoms with E-state index in [0.717, 1.165) is 0 Å². The SMILES string of the molecule is CNC(=O)c1cc(Oc2ccc(N)c(N)c2)ccn1. The van der Waals surface area contributed by atoms with Gasteiger partial charge in [0.05, 0.1) is 11.4 Å². The molecule has 1 heterocycles. The van der Waals surface area contributed by atoms with E-state index in [2.05, 4.69) is 10.3 Å². The van der Waals surface area contributed by atoms with Gasteiger partial charge in [-0.2, -0.15) is 0 Å². The number of rotatable bonds is 3. The standard InChI is InChI=1S/C13H14N4O2/c1-16-13(18)12-7-9(4-5-17-12)19-8-2-3-10(14)11(15)6-8/h2-7H,14-15H2,1H3,(H,16,18). The van der Waals surface area contributed by atoms with Gasteiger partial charge in [0.25, 0.3) is 5.91 Å². The van der Waals surface area contributed by atoms with E-state index in [1.165, 1.54) is 13.2 Å². The molecular formula is C13H14N4O2. The molecule has 0 fully saturated rings. The summed E-state index contributed by atoms with van der Waals surface area (Å²) in [4.78, 5) is 15.4. The summed E-state index contributed by atoms with van der Waals surface area (Å²) in [5, 5.41) is 2.50. The molecule has 0 bridgehead atoms. The molecular weight excluding hydrogens is 244 g/mol. The molecule has 2 aromatic rings. The molecule has 0 aliphatic rings. The second-order valence-electron chi connectivity index (χ2n) is 3.85. The molecule has 19 heavy (non-hydrogen) atoms. The fourth-order valence-corrected chi connectivity index (χ4v) is 1.48. The molecule has 0 aliphatic carbocycles. The lowest BCUT2D eigenvalue weighted by Gasteiger charge is -2.08. The van der Waals surface area contributed by atoms with Gasteiger partial charge >= 0.3 is 0 Å². The average molecular weight is 258 g/mol. The van der Waals surface area contributed by atoms with E-state index in [1.807, 2.05) is 0 Å². The Morgan fingerprint density at radius 1 is 1.16 bits per heavy atom. The van der Waals surface area contributed by atoms with Gasteiger partial charge in [-0.15, -0.1) is 0 Å². The number of ether oxygens (including phenoxy) is 1. The Labute approximate surface area is 110 Å². The number of nitrogens with two attached hydrogens (primary N) is 2. The number of nitrogens with zero attached hydrogens (tertiary/aromatic N) is 1. The smallest absolute Gasteiger partial charge is 0.269 e. The van der Waals surface area contributed by atoms with Crippen LogP contribution in [0, 0.1) is 0 Å². The second-order valence-corrected chi connectivity index (χ2v) is 3.85. The van der Waals surface area contributed by atoms with Gasteiger partial charge in [0.15, 0.2) is 0 Å². The molecule has 0 saturated carbocycles. The van der Waals surface area contributed by atoms with E-state index in [0.29, 0.717) is 22.9 Å². The van der Waals surface area contributed by atoms with Crippen LogP contribution in [0.25, 0.3) is 0 Å². The summed E-state index contributed by atoms with van der Waals surface area (Å²) < 4.78 is 5.59. The number of amides is 1. The van der Waals surface area contributed by atoms with Gasteiger partial charge in [0, 0.05) is 25.4 Å². The van der Waals surface area contributed by atoms with Crippen LogP contribution in [0.3, 0.4) is 0 Å². The van der Waals surface area contributed by atoms with Crippen molar-refractivity contribution in [3.63, 3.8) is 0 Å². The Balaban J connectivity index is 2.23. The lowest BCUT2D eigenvalue weighted by Crippen LogP contribution is -2.18. The zero-order chi connectivity index (χ0) is 13.8. The van der Waals surface area contributed by atoms with Crippen molar-refractivity contribution in [1.82, 2.24) is 10.3 Å². The number of hydrogen-bond acceptors (Lipinski definition) is 5. The van der Waals surface area contributed by atoms with E-state index in [9.17, 15) is 4.79 Å². The van der Waals surface area contributed by atoms with Gasteiger partial charge in [0.1, 0.15) is 17.2 Å². The maximum atomic E-state index is 11.5. The number of pyridine rings is 1. The maximum Gasteiger partial charge on any atom is 0.269 e. The maximum absolute atomic E-state index is 11.5.